The van der Waals surface area contributed by atoms with E-state index in [2.05, 4.69) is 15.5 Å². The number of carbonyl (C=O) groups excluding carboxylic acids is 2. The summed E-state index contributed by atoms with van der Waals surface area (Å²) in [6, 6.07) is 11.4. The molecule has 2 N–H and O–H groups in total. The minimum absolute atomic E-state index is 0.325. The minimum atomic E-state index is -0.623. The second-order valence-electron chi connectivity index (χ2n) is 6.10. The zero-order valence-corrected chi connectivity index (χ0v) is 15.6. The lowest BCUT2D eigenvalue weighted by Gasteiger charge is -2.30. The number of hydrogen-bond donors (Lipinski definition) is 2. The predicted molar refractivity (Wildman–Crippen MR) is 105 cm³/mol. The monoisotopic (exact) mass is 391 g/mol. The zero-order chi connectivity index (χ0) is 18.5. The summed E-state index contributed by atoms with van der Waals surface area (Å²) in [5.41, 5.74) is 1.79. The van der Waals surface area contributed by atoms with Crippen LogP contribution in [0.5, 0.6) is 0 Å². The zero-order valence-electron chi connectivity index (χ0n) is 14.1. The minimum Gasteiger partial charge on any atom is -0.371 e. The molecule has 0 aliphatic carbocycles. The van der Waals surface area contributed by atoms with Crippen molar-refractivity contribution in [2.24, 2.45) is 0 Å². The number of halogens is 2. The van der Waals surface area contributed by atoms with Gasteiger partial charge in [-0.1, -0.05) is 35.3 Å². The lowest BCUT2D eigenvalue weighted by atomic mass is 10.1. The molecule has 3 rings (SSSR count). The molecule has 1 heterocycles. The third-order valence-electron chi connectivity index (χ3n) is 4.25. The molecule has 0 atom stereocenters. The van der Waals surface area contributed by atoms with Gasteiger partial charge in [-0.3, -0.25) is 10.1 Å². The quantitative estimate of drug-likeness (QED) is 0.778. The molecule has 3 amide bonds. The van der Waals surface area contributed by atoms with E-state index in [0.29, 0.717) is 21.3 Å². The van der Waals surface area contributed by atoms with E-state index in [9.17, 15) is 9.59 Å². The highest BCUT2D eigenvalue weighted by atomic mass is 35.5. The second kappa shape index (κ2) is 8.43. The molecule has 0 spiro atoms. The maximum Gasteiger partial charge on any atom is 0.326 e. The molecule has 1 fully saturated rings. The number of rotatable bonds is 3. The Morgan fingerprint density at radius 2 is 1.65 bits per heavy atom. The molecule has 0 unspecified atom stereocenters. The number of piperidine rings is 1. The maximum absolute atomic E-state index is 12.6. The van der Waals surface area contributed by atoms with Crippen molar-refractivity contribution in [1.29, 1.82) is 0 Å². The van der Waals surface area contributed by atoms with Crippen LogP contribution in [0.2, 0.25) is 10.0 Å². The number of nitrogens with zero attached hydrogens (tertiary/aromatic N) is 1. The number of benzene rings is 2. The van der Waals surface area contributed by atoms with Crippen LogP contribution in [0, 0.1) is 0 Å². The first-order valence-corrected chi connectivity index (χ1v) is 9.21. The summed E-state index contributed by atoms with van der Waals surface area (Å²) in [5, 5.41) is 5.67. The first-order chi connectivity index (χ1) is 12.5. The lowest BCUT2D eigenvalue weighted by molar-refractivity contribution is 0.0967. The lowest BCUT2D eigenvalue weighted by Crippen LogP contribution is -2.36. The van der Waals surface area contributed by atoms with Crippen molar-refractivity contribution in [3.63, 3.8) is 0 Å². The first-order valence-electron chi connectivity index (χ1n) is 8.46. The standard InChI is InChI=1S/C19H19Cl2N3O2/c20-15-9-8-13(12-16(15)21)22-19(26)23-18(25)14-6-2-3-7-17(14)24-10-4-1-5-11-24/h2-3,6-9,12H,1,4-5,10-11H2,(H2,22,23,25,26). The third-order valence-corrected chi connectivity index (χ3v) is 4.99. The Hall–Kier alpha value is -2.24. The molecular weight excluding hydrogens is 373 g/mol. The molecular formula is C19H19Cl2N3O2. The van der Waals surface area contributed by atoms with Crippen LogP contribution in [0.1, 0.15) is 29.6 Å². The molecule has 0 radical (unpaired) electrons. The summed E-state index contributed by atoms with van der Waals surface area (Å²) >= 11 is 11.8. The summed E-state index contributed by atoms with van der Waals surface area (Å²) in [6.45, 7) is 1.83. The molecule has 5 nitrogen and oxygen atoms in total. The average molecular weight is 392 g/mol. The van der Waals surface area contributed by atoms with Crippen LogP contribution in [0.25, 0.3) is 0 Å². The van der Waals surface area contributed by atoms with Gasteiger partial charge in [0.25, 0.3) is 5.91 Å². The fourth-order valence-corrected chi connectivity index (χ4v) is 3.28. The molecule has 136 valence electrons. The van der Waals surface area contributed by atoms with Crippen molar-refractivity contribution in [3.05, 3.63) is 58.1 Å². The van der Waals surface area contributed by atoms with E-state index in [1.165, 1.54) is 12.5 Å². The normalized spacial score (nSPS) is 14.0. The molecule has 0 aromatic heterocycles. The highest BCUT2D eigenvalue weighted by Crippen LogP contribution is 2.26. The molecule has 1 aliphatic heterocycles. The van der Waals surface area contributed by atoms with Gasteiger partial charge in [0.15, 0.2) is 0 Å². The predicted octanol–water partition coefficient (Wildman–Crippen LogP) is 4.95. The first kappa shape index (κ1) is 18.5. The molecule has 2 aromatic carbocycles. The number of nitrogens with one attached hydrogen (secondary N) is 2. The molecule has 0 bridgehead atoms. The summed E-state index contributed by atoms with van der Waals surface area (Å²) in [6.07, 6.45) is 3.42. The van der Waals surface area contributed by atoms with Gasteiger partial charge in [-0.15, -0.1) is 0 Å². The molecule has 26 heavy (non-hydrogen) atoms. The van der Waals surface area contributed by atoms with E-state index in [1.807, 2.05) is 12.1 Å². The van der Waals surface area contributed by atoms with Crippen LogP contribution in [-0.4, -0.2) is 25.0 Å². The smallest absolute Gasteiger partial charge is 0.326 e. The molecule has 1 saturated heterocycles. The van der Waals surface area contributed by atoms with Gasteiger partial charge in [0.2, 0.25) is 0 Å². The fraction of sp³-hybridized carbons (Fsp3) is 0.263. The second-order valence-corrected chi connectivity index (χ2v) is 6.92. The number of anilines is 2. The van der Waals surface area contributed by atoms with Crippen molar-refractivity contribution in [2.75, 3.05) is 23.3 Å². The van der Waals surface area contributed by atoms with Crippen molar-refractivity contribution < 1.29 is 9.59 Å². The SMILES string of the molecule is O=C(NC(=O)c1ccccc1N1CCCCC1)Nc1ccc(Cl)c(Cl)c1. The molecule has 0 saturated carbocycles. The van der Waals surface area contributed by atoms with Gasteiger partial charge < -0.3 is 10.2 Å². The topological polar surface area (TPSA) is 61.4 Å². The van der Waals surface area contributed by atoms with E-state index in [1.54, 1.807) is 24.3 Å². The molecule has 2 aromatic rings. The van der Waals surface area contributed by atoms with Gasteiger partial charge in [-0.2, -0.15) is 0 Å². The van der Waals surface area contributed by atoms with Gasteiger partial charge in [0.1, 0.15) is 0 Å². The molecule has 1 aliphatic rings. The van der Waals surface area contributed by atoms with Crippen LogP contribution in [0.3, 0.4) is 0 Å². The number of hydrogen-bond acceptors (Lipinski definition) is 3. The summed E-state index contributed by atoms with van der Waals surface area (Å²) < 4.78 is 0. The van der Waals surface area contributed by atoms with Crippen LogP contribution in [-0.2, 0) is 0 Å². The van der Waals surface area contributed by atoms with Crippen molar-refractivity contribution in [1.82, 2.24) is 5.32 Å². The number of urea groups is 1. The van der Waals surface area contributed by atoms with Crippen LogP contribution in [0.15, 0.2) is 42.5 Å². The van der Waals surface area contributed by atoms with Gasteiger partial charge in [0, 0.05) is 24.5 Å². The fourth-order valence-electron chi connectivity index (χ4n) is 2.98. The highest BCUT2D eigenvalue weighted by Gasteiger charge is 2.19. The average Bonchev–Trinajstić information content (AvgIpc) is 2.65. The van der Waals surface area contributed by atoms with Gasteiger partial charge >= 0.3 is 6.03 Å². The van der Waals surface area contributed by atoms with Crippen LogP contribution >= 0.6 is 23.2 Å². The van der Waals surface area contributed by atoms with Gasteiger partial charge in [0.05, 0.1) is 15.6 Å². The Balaban J connectivity index is 1.69. The van der Waals surface area contributed by atoms with Gasteiger partial charge in [-0.05, 0) is 49.6 Å². The van der Waals surface area contributed by atoms with E-state index in [-0.39, 0.29) is 0 Å². The van der Waals surface area contributed by atoms with E-state index in [0.717, 1.165) is 31.6 Å². The van der Waals surface area contributed by atoms with Crippen LogP contribution < -0.4 is 15.5 Å². The Bertz CT molecular complexity index is 820. The Morgan fingerprint density at radius 1 is 0.923 bits per heavy atom. The maximum atomic E-state index is 12.6. The van der Waals surface area contributed by atoms with E-state index >= 15 is 0 Å². The Morgan fingerprint density at radius 3 is 2.38 bits per heavy atom. The van der Waals surface area contributed by atoms with Crippen LogP contribution in [0.4, 0.5) is 16.2 Å². The van der Waals surface area contributed by atoms with E-state index in [4.69, 9.17) is 23.2 Å². The molecule has 7 heteroatoms. The summed E-state index contributed by atoms with van der Waals surface area (Å²) in [4.78, 5) is 26.9. The number of carbonyl (C=O) groups is 2. The van der Waals surface area contributed by atoms with Crippen molar-refractivity contribution in [2.45, 2.75) is 19.3 Å². The summed E-state index contributed by atoms with van der Waals surface area (Å²) in [7, 11) is 0. The number of amides is 3. The third kappa shape index (κ3) is 4.48. The highest BCUT2D eigenvalue weighted by molar-refractivity contribution is 6.42. The van der Waals surface area contributed by atoms with Crippen molar-refractivity contribution in [3.8, 4) is 0 Å². The van der Waals surface area contributed by atoms with E-state index < -0.39 is 11.9 Å². The Labute approximate surface area is 162 Å². The number of para-hydroxylation sites is 1. The summed E-state index contributed by atoms with van der Waals surface area (Å²) in [5.74, 6) is -0.441. The number of imide groups is 1. The largest absolute Gasteiger partial charge is 0.371 e. The Kier molecular flexibility index (Phi) is 6.01. The van der Waals surface area contributed by atoms with Gasteiger partial charge in [-0.25, -0.2) is 4.79 Å². The van der Waals surface area contributed by atoms with Crippen molar-refractivity contribution >= 4 is 46.5 Å².